The van der Waals surface area contributed by atoms with Crippen molar-refractivity contribution in [3.8, 4) is 0 Å². The fourth-order valence-corrected chi connectivity index (χ4v) is 1.44. The largest absolute Gasteiger partial charge is 0.312 e. The molecular formula is C13H28N2. The first kappa shape index (κ1) is 14.7. The van der Waals surface area contributed by atoms with Crippen LogP contribution in [0.2, 0.25) is 0 Å². The number of hydrogen-bond donors (Lipinski definition) is 1. The van der Waals surface area contributed by atoms with Gasteiger partial charge in [0.1, 0.15) is 0 Å². The predicted octanol–water partition coefficient (Wildman–Crippen LogP) is 2.52. The molecule has 0 aliphatic rings. The zero-order valence-corrected chi connectivity index (χ0v) is 11.3. The molecule has 0 rings (SSSR count). The number of rotatable bonds is 6. The van der Waals surface area contributed by atoms with Gasteiger partial charge in [0, 0.05) is 18.1 Å². The summed E-state index contributed by atoms with van der Waals surface area (Å²) in [5, 5.41) is 3.55. The highest BCUT2D eigenvalue weighted by molar-refractivity contribution is 4.80. The Balaban J connectivity index is 3.98. The zero-order valence-electron chi connectivity index (χ0n) is 11.3. The van der Waals surface area contributed by atoms with Crippen molar-refractivity contribution >= 4 is 0 Å². The third-order valence-electron chi connectivity index (χ3n) is 2.89. The van der Waals surface area contributed by atoms with Crippen molar-refractivity contribution in [2.75, 3.05) is 20.1 Å². The van der Waals surface area contributed by atoms with Crippen molar-refractivity contribution in [2.24, 2.45) is 5.92 Å². The normalized spacial score (nSPS) is 16.5. The van der Waals surface area contributed by atoms with Crippen molar-refractivity contribution in [1.82, 2.24) is 10.2 Å². The van der Waals surface area contributed by atoms with Gasteiger partial charge in [0.15, 0.2) is 0 Å². The summed E-state index contributed by atoms with van der Waals surface area (Å²) >= 11 is 0. The molecular weight excluding hydrogens is 184 g/mol. The Kier molecular flexibility index (Phi) is 6.15. The van der Waals surface area contributed by atoms with Gasteiger partial charge in [-0.2, -0.15) is 0 Å². The highest BCUT2D eigenvalue weighted by Crippen LogP contribution is 2.10. The third-order valence-corrected chi connectivity index (χ3v) is 2.89. The molecule has 0 radical (unpaired) electrons. The second-order valence-electron chi connectivity index (χ2n) is 5.58. The molecule has 90 valence electrons. The van der Waals surface area contributed by atoms with Crippen LogP contribution >= 0.6 is 0 Å². The first-order valence-electron chi connectivity index (χ1n) is 5.84. The molecule has 0 aliphatic heterocycles. The van der Waals surface area contributed by atoms with Gasteiger partial charge in [-0.3, -0.25) is 4.90 Å². The monoisotopic (exact) mass is 212 g/mol. The van der Waals surface area contributed by atoms with Crippen molar-refractivity contribution in [3.05, 3.63) is 12.7 Å². The van der Waals surface area contributed by atoms with Crippen LogP contribution in [0.5, 0.6) is 0 Å². The first-order valence-corrected chi connectivity index (χ1v) is 5.84. The SMILES string of the molecule is C=CCN(C)C(C)C(C)CNC(C)(C)C. The Hall–Kier alpha value is -0.340. The lowest BCUT2D eigenvalue weighted by molar-refractivity contribution is 0.205. The molecule has 0 spiro atoms. The lowest BCUT2D eigenvalue weighted by Gasteiger charge is -2.31. The molecule has 0 heterocycles. The molecule has 2 unspecified atom stereocenters. The first-order chi connectivity index (χ1) is 6.78. The number of likely N-dealkylation sites (N-methyl/N-ethyl adjacent to an activating group) is 1. The van der Waals surface area contributed by atoms with Crippen molar-refractivity contribution in [2.45, 2.75) is 46.2 Å². The minimum absolute atomic E-state index is 0.213. The van der Waals surface area contributed by atoms with Gasteiger partial charge in [-0.05, 0) is 47.2 Å². The topological polar surface area (TPSA) is 15.3 Å². The fourth-order valence-electron chi connectivity index (χ4n) is 1.44. The molecule has 2 atom stereocenters. The van der Waals surface area contributed by atoms with Crippen LogP contribution in [0.25, 0.3) is 0 Å². The van der Waals surface area contributed by atoms with E-state index in [9.17, 15) is 0 Å². The van der Waals surface area contributed by atoms with Gasteiger partial charge in [-0.1, -0.05) is 13.0 Å². The molecule has 0 bridgehead atoms. The van der Waals surface area contributed by atoms with Crippen LogP contribution in [-0.2, 0) is 0 Å². The maximum atomic E-state index is 3.77. The van der Waals surface area contributed by atoms with E-state index in [2.05, 4.69) is 58.5 Å². The highest BCUT2D eigenvalue weighted by atomic mass is 15.1. The molecule has 15 heavy (non-hydrogen) atoms. The van der Waals surface area contributed by atoms with E-state index >= 15 is 0 Å². The Bertz CT molecular complexity index is 181. The lowest BCUT2D eigenvalue weighted by Crippen LogP contribution is -2.44. The van der Waals surface area contributed by atoms with Crippen LogP contribution in [0.15, 0.2) is 12.7 Å². The van der Waals surface area contributed by atoms with Gasteiger partial charge in [0.2, 0.25) is 0 Å². The van der Waals surface area contributed by atoms with Crippen LogP contribution in [0.1, 0.15) is 34.6 Å². The fraction of sp³-hybridized carbons (Fsp3) is 0.846. The Labute approximate surface area is 95.7 Å². The van der Waals surface area contributed by atoms with E-state index in [-0.39, 0.29) is 5.54 Å². The standard InChI is InChI=1S/C13H28N2/c1-8-9-15(7)12(3)11(2)10-14-13(4,5)6/h8,11-12,14H,1,9-10H2,2-7H3. The van der Waals surface area contributed by atoms with Gasteiger partial charge in [0.05, 0.1) is 0 Å². The average molecular weight is 212 g/mol. The summed E-state index contributed by atoms with van der Waals surface area (Å²) in [6, 6.07) is 0.581. The van der Waals surface area contributed by atoms with Crippen molar-refractivity contribution in [1.29, 1.82) is 0 Å². The van der Waals surface area contributed by atoms with Crippen molar-refractivity contribution in [3.63, 3.8) is 0 Å². The van der Waals surface area contributed by atoms with Crippen LogP contribution in [0, 0.1) is 5.92 Å². The number of nitrogens with one attached hydrogen (secondary N) is 1. The summed E-state index contributed by atoms with van der Waals surface area (Å²) in [5.41, 5.74) is 0.213. The summed E-state index contributed by atoms with van der Waals surface area (Å²) in [7, 11) is 2.15. The number of hydrogen-bond acceptors (Lipinski definition) is 2. The molecule has 0 saturated heterocycles. The smallest absolute Gasteiger partial charge is 0.0160 e. The second kappa shape index (κ2) is 6.29. The van der Waals surface area contributed by atoms with E-state index in [1.807, 2.05) is 6.08 Å². The molecule has 2 nitrogen and oxygen atoms in total. The molecule has 0 aromatic heterocycles. The average Bonchev–Trinajstić information content (AvgIpc) is 2.12. The van der Waals surface area contributed by atoms with E-state index in [1.54, 1.807) is 0 Å². The summed E-state index contributed by atoms with van der Waals surface area (Å²) < 4.78 is 0. The van der Waals surface area contributed by atoms with Gasteiger partial charge in [-0.25, -0.2) is 0 Å². The van der Waals surface area contributed by atoms with Crippen LogP contribution in [0.3, 0.4) is 0 Å². The maximum Gasteiger partial charge on any atom is 0.0160 e. The molecule has 0 aromatic rings. The van der Waals surface area contributed by atoms with E-state index < -0.39 is 0 Å². The van der Waals surface area contributed by atoms with E-state index in [1.165, 1.54) is 0 Å². The number of nitrogens with zero attached hydrogens (tertiary/aromatic N) is 1. The molecule has 0 fully saturated rings. The molecule has 1 N–H and O–H groups in total. The van der Waals surface area contributed by atoms with Crippen LogP contribution in [0.4, 0.5) is 0 Å². The molecule has 2 heteroatoms. The quantitative estimate of drug-likeness (QED) is 0.681. The summed E-state index contributed by atoms with van der Waals surface area (Å²) in [6.45, 7) is 17.0. The minimum Gasteiger partial charge on any atom is -0.312 e. The predicted molar refractivity (Wildman–Crippen MR) is 69.2 cm³/mol. The van der Waals surface area contributed by atoms with Gasteiger partial charge in [-0.15, -0.1) is 6.58 Å². The van der Waals surface area contributed by atoms with E-state index in [0.29, 0.717) is 12.0 Å². The molecule has 0 saturated carbocycles. The van der Waals surface area contributed by atoms with E-state index in [0.717, 1.165) is 13.1 Å². The molecule has 0 amide bonds. The van der Waals surface area contributed by atoms with Crippen molar-refractivity contribution < 1.29 is 0 Å². The molecule has 0 aliphatic carbocycles. The van der Waals surface area contributed by atoms with Gasteiger partial charge >= 0.3 is 0 Å². The lowest BCUT2D eigenvalue weighted by atomic mass is 10.0. The minimum atomic E-state index is 0.213. The zero-order chi connectivity index (χ0) is 12.1. The Morgan fingerprint density at radius 2 is 1.87 bits per heavy atom. The molecule has 0 aromatic carbocycles. The van der Waals surface area contributed by atoms with Crippen LogP contribution in [-0.4, -0.2) is 36.6 Å². The summed E-state index contributed by atoms with van der Waals surface area (Å²) in [6.07, 6.45) is 1.96. The third kappa shape index (κ3) is 6.69. The highest BCUT2D eigenvalue weighted by Gasteiger charge is 2.18. The van der Waals surface area contributed by atoms with Gasteiger partial charge in [0.25, 0.3) is 0 Å². The second-order valence-corrected chi connectivity index (χ2v) is 5.58. The Morgan fingerprint density at radius 1 is 1.33 bits per heavy atom. The van der Waals surface area contributed by atoms with E-state index in [4.69, 9.17) is 0 Å². The summed E-state index contributed by atoms with van der Waals surface area (Å²) in [5.74, 6) is 0.647. The Morgan fingerprint density at radius 3 is 2.27 bits per heavy atom. The van der Waals surface area contributed by atoms with Crippen LogP contribution < -0.4 is 5.32 Å². The van der Waals surface area contributed by atoms with Gasteiger partial charge < -0.3 is 5.32 Å². The maximum absolute atomic E-state index is 3.77. The summed E-state index contributed by atoms with van der Waals surface area (Å²) in [4.78, 5) is 2.34.